The molecule has 1 aromatic carbocycles. The fraction of sp³-hybridized carbons (Fsp3) is 0.391. The lowest BCUT2D eigenvalue weighted by atomic mass is 10.1. The molecule has 0 aliphatic carbocycles. The molecule has 0 bridgehead atoms. The van der Waals surface area contributed by atoms with Gasteiger partial charge >= 0.3 is 11.7 Å². The van der Waals surface area contributed by atoms with E-state index in [0.29, 0.717) is 23.7 Å². The minimum Gasteiger partial charge on any atom is -0.493 e. The fourth-order valence-electron chi connectivity index (χ4n) is 3.07. The molecule has 0 radical (unpaired) electrons. The Balaban J connectivity index is 2.15. The first kappa shape index (κ1) is 25.4. The Morgan fingerprint density at radius 1 is 1.18 bits per heavy atom. The Hall–Kier alpha value is -3.82. The molecule has 1 heterocycles. The highest BCUT2D eigenvalue weighted by Gasteiger charge is 2.22. The SMILES string of the molecule is CCOc1ccc(/C=C/C(=O)OCC(=O)c2c(N)n(CC(C)C)c(=O)n(C)c2=O)cc1OC. The molecule has 1 aromatic heterocycles. The van der Waals surface area contributed by atoms with Crippen LogP contribution in [0.4, 0.5) is 5.82 Å². The Labute approximate surface area is 191 Å². The van der Waals surface area contributed by atoms with Gasteiger partial charge in [-0.15, -0.1) is 0 Å². The van der Waals surface area contributed by atoms with E-state index in [2.05, 4.69) is 0 Å². The van der Waals surface area contributed by atoms with Crippen molar-refractivity contribution >= 4 is 23.6 Å². The van der Waals surface area contributed by atoms with Crippen LogP contribution in [-0.2, 0) is 23.1 Å². The second kappa shape index (κ2) is 11.2. The number of anilines is 1. The van der Waals surface area contributed by atoms with Crippen molar-refractivity contribution in [3.05, 3.63) is 56.2 Å². The van der Waals surface area contributed by atoms with Crippen LogP contribution in [0.2, 0.25) is 0 Å². The number of ketones is 1. The summed E-state index contributed by atoms with van der Waals surface area (Å²) in [6.45, 7) is 5.60. The Morgan fingerprint density at radius 2 is 1.88 bits per heavy atom. The molecule has 2 rings (SSSR count). The number of methoxy groups -OCH3 is 1. The third kappa shape index (κ3) is 6.12. The molecule has 2 aromatic rings. The summed E-state index contributed by atoms with van der Waals surface area (Å²) in [6, 6.07) is 5.12. The van der Waals surface area contributed by atoms with Crippen LogP contribution >= 0.6 is 0 Å². The van der Waals surface area contributed by atoms with E-state index in [1.807, 2.05) is 20.8 Å². The summed E-state index contributed by atoms with van der Waals surface area (Å²) in [5.74, 6) is -0.699. The molecule has 0 aliphatic rings. The first-order valence-corrected chi connectivity index (χ1v) is 10.4. The first-order chi connectivity index (χ1) is 15.6. The van der Waals surface area contributed by atoms with Crippen molar-refractivity contribution in [2.24, 2.45) is 13.0 Å². The van der Waals surface area contributed by atoms with Crippen molar-refractivity contribution in [3.63, 3.8) is 0 Å². The zero-order valence-electron chi connectivity index (χ0n) is 19.4. The average molecular weight is 459 g/mol. The first-order valence-electron chi connectivity index (χ1n) is 10.4. The van der Waals surface area contributed by atoms with Gasteiger partial charge in [0.1, 0.15) is 11.4 Å². The van der Waals surface area contributed by atoms with Gasteiger partial charge < -0.3 is 19.9 Å². The zero-order valence-corrected chi connectivity index (χ0v) is 19.4. The van der Waals surface area contributed by atoms with Crippen LogP contribution in [0.5, 0.6) is 11.5 Å². The second-order valence-corrected chi connectivity index (χ2v) is 7.62. The lowest BCUT2D eigenvalue weighted by Crippen LogP contribution is -2.43. The molecule has 0 aliphatic heterocycles. The predicted octanol–water partition coefficient (Wildman–Crippen LogP) is 1.63. The molecule has 0 fully saturated rings. The molecule has 10 heteroatoms. The molecule has 10 nitrogen and oxygen atoms in total. The highest BCUT2D eigenvalue weighted by molar-refractivity contribution is 6.02. The molecule has 0 unspecified atom stereocenters. The number of hydrogen-bond acceptors (Lipinski definition) is 8. The number of benzene rings is 1. The number of nitrogen functional groups attached to an aromatic ring is 1. The number of ether oxygens (including phenoxy) is 3. The Kier molecular flexibility index (Phi) is 8.61. The van der Waals surface area contributed by atoms with Gasteiger partial charge in [-0.3, -0.25) is 18.7 Å². The van der Waals surface area contributed by atoms with Crippen molar-refractivity contribution < 1.29 is 23.8 Å². The standard InChI is InChI=1S/C23H29N3O7/c1-6-32-17-9-7-15(11-18(17)31-5)8-10-19(28)33-13-16(27)20-21(24)26(12-14(2)3)23(30)25(4)22(20)29/h7-11,14H,6,12-13,24H2,1-5H3/b10-8+. The molecule has 178 valence electrons. The lowest BCUT2D eigenvalue weighted by Gasteiger charge is -2.16. The summed E-state index contributed by atoms with van der Waals surface area (Å²) < 4.78 is 17.7. The van der Waals surface area contributed by atoms with Gasteiger partial charge in [-0.25, -0.2) is 9.59 Å². The molecule has 33 heavy (non-hydrogen) atoms. The lowest BCUT2D eigenvalue weighted by molar-refractivity contribution is -0.136. The summed E-state index contributed by atoms with van der Waals surface area (Å²) >= 11 is 0. The molecule has 0 amide bonds. The second-order valence-electron chi connectivity index (χ2n) is 7.62. The number of rotatable bonds is 10. The van der Waals surface area contributed by atoms with Crippen LogP contribution < -0.4 is 26.5 Å². The fourth-order valence-corrected chi connectivity index (χ4v) is 3.07. The molecule has 0 saturated carbocycles. The number of hydrogen-bond donors (Lipinski definition) is 1. The van der Waals surface area contributed by atoms with Crippen molar-refractivity contribution in [1.29, 1.82) is 0 Å². The van der Waals surface area contributed by atoms with Crippen LogP contribution in [0.1, 0.15) is 36.7 Å². The van der Waals surface area contributed by atoms with Gasteiger partial charge in [0.05, 0.1) is 13.7 Å². The van der Waals surface area contributed by atoms with Gasteiger partial charge in [0, 0.05) is 19.7 Å². The summed E-state index contributed by atoms with van der Waals surface area (Å²) in [5, 5.41) is 0. The number of carbonyl (C=O) groups is 2. The molecular weight excluding hydrogens is 430 g/mol. The smallest absolute Gasteiger partial charge is 0.332 e. The third-order valence-electron chi connectivity index (χ3n) is 4.65. The number of nitrogens with two attached hydrogens (primary N) is 1. The van der Waals surface area contributed by atoms with Crippen molar-refractivity contribution in [2.75, 3.05) is 26.1 Å². The van der Waals surface area contributed by atoms with Crippen LogP contribution in [0.25, 0.3) is 6.08 Å². The van der Waals surface area contributed by atoms with Gasteiger partial charge in [0.25, 0.3) is 5.56 Å². The molecule has 0 atom stereocenters. The van der Waals surface area contributed by atoms with Crippen LogP contribution in [0, 0.1) is 5.92 Å². The van der Waals surface area contributed by atoms with E-state index >= 15 is 0 Å². The van der Waals surface area contributed by atoms with E-state index in [-0.39, 0.29) is 23.8 Å². The van der Waals surface area contributed by atoms with Gasteiger partial charge in [-0.05, 0) is 36.6 Å². The van der Waals surface area contributed by atoms with E-state index in [9.17, 15) is 19.2 Å². The van der Waals surface area contributed by atoms with Crippen molar-refractivity contribution in [2.45, 2.75) is 27.3 Å². The van der Waals surface area contributed by atoms with Crippen LogP contribution in [-0.4, -0.2) is 41.2 Å². The maximum atomic E-state index is 12.6. The van der Waals surface area contributed by atoms with Gasteiger partial charge in [-0.2, -0.15) is 0 Å². The summed E-state index contributed by atoms with van der Waals surface area (Å²) in [7, 11) is 2.77. The van der Waals surface area contributed by atoms with E-state index in [0.717, 1.165) is 10.6 Å². The van der Waals surface area contributed by atoms with Crippen LogP contribution in [0.15, 0.2) is 33.9 Å². The minimum atomic E-state index is -0.837. The molecule has 0 saturated heterocycles. The monoisotopic (exact) mass is 459 g/mol. The quantitative estimate of drug-likeness (QED) is 0.322. The zero-order chi connectivity index (χ0) is 24.7. The van der Waals surface area contributed by atoms with Gasteiger partial charge in [0.15, 0.2) is 18.1 Å². The molecule has 2 N–H and O–H groups in total. The summed E-state index contributed by atoms with van der Waals surface area (Å²) in [5.41, 5.74) is 4.77. The normalized spacial score (nSPS) is 11.1. The Morgan fingerprint density at radius 3 is 2.48 bits per heavy atom. The molecule has 0 spiro atoms. The largest absolute Gasteiger partial charge is 0.493 e. The third-order valence-corrected chi connectivity index (χ3v) is 4.65. The number of nitrogens with zero attached hydrogens (tertiary/aromatic N) is 2. The maximum absolute atomic E-state index is 12.6. The topological polar surface area (TPSA) is 132 Å². The van der Waals surface area contributed by atoms with Crippen molar-refractivity contribution in [1.82, 2.24) is 9.13 Å². The molecular formula is C23H29N3O7. The van der Waals surface area contributed by atoms with Crippen LogP contribution in [0.3, 0.4) is 0 Å². The van der Waals surface area contributed by atoms with Gasteiger partial charge in [0.2, 0.25) is 5.78 Å². The summed E-state index contributed by atoms with van der Waals surface area (Å²) in [6.07, 6.45) is 2.63. The highest BCUT2D eigenvalue weighted by Crippen LogP contribution is 2.28. The number of carbonyl (C=O) groups excluding carboxylic acids is 2. The highest BCUT2D eigenvalue weighted by atomic mass is 16.5. The van der Waals surface area contributed by atoms with Crippen molar-refractivity contribution in [3.8, 4) is 11.5 Å². The number of Topliss-reactive ketones (excluding diaryl/α,β-unsaturated/α-hetero) is 1. The predicted molar refractivity (Wildman–Crippen MR) is 124 cm³/mol. The van der Waals surface area contributed by atoms with E-state index in [4.69, 9.17) is 19.9 Å². The summed E-state index contributed by atoms with van der Waals surface area (Å²) in [4.78, 5) is 49.5. The van der Waals surface area contributed by atoms with Gasteiger partial charge in [-0.1, -0.05) is 19.9 Å². The average Bonchev–Trinajstić information content (AvgIpc) is 2.78. The minimum absolute atomic E-state index is 0.0506. The van der Waals surface area contributed by atoms with E-state index < -0.39 is 29.6 Å². The van der Waals surface area contributed by atoms with E-state index in [1.54, 1.807) is 18.2 Å². The number of esters is 1. The van der Waals surface area contributed by atoms with E-state index in [1.165, 1.54) is 24.8 Å². The maximum Gasteiger partial charge on any atom is 0.332 e. The Bertz CT molecular complexity index is 1180. The number of aromatic nitrogens is 2.